The normalized spacial score (nSPS) is 13.2. The monoisotopic (exact) mass is 203 g/mol. The minimum absolute atomic E-state index is 0.283. The van der Waals surface area contributed by atoms with Gasteiger partial charge in [-0.1, -0.05) is 6.92 Å². The van der Waals surface area contributed by atoms with Gasteiger partial charge in [0.1, 0.15) is 0 Å². The standard InChI is InChI=1S/C9H21N3S/c1-4-8(7-13-3)12(2)6-5-9(10)11/h8H,4-7H2,1-3H3,(H3,10,11). The summed E-state index contributed by atoms with van der Waals surface area (Å²) in [4.78, 5) is 2.29. The van der Waals surface area contributed by atoms with Crippen LogP contribution in [0, 0.1) is 5.41 Å². The Balaban J connectivity index is 3.76. The van der Waals surface area contributed by atoms with Crippen LogP contribution in [-0.4, -0.2) is 42.4 Å². The predicted octanol–water partition coefficient (Wildman–Crippen LogP) is 1.39. The molecule has 4 heteroatoms. The van der Waals surface area contributed by atoms with Crippen molar-refractivity contribution in [3.63, 3.8) is 0 Å². The minimum Gasteiger partial charge on any atom is -0.388 e. The lowest BCUT2D eigenvalue weighted by Crippen LogP contribution is -2.35. The molecule has 0 radical (unpaired) electrons. The van der Waals surface area contributed by atoms with E-state index in [2.05, 4.69) is 25.1 Å². The maximum absolute atomic E-state index is 7.13. The molecule has 0 aliphatic heterocycles. The van der Waals surface area contributed by atoms with E-state index in [1.807, 2.05) is 11.8 Å². The molecule has 0 saturated heterocycles. The van der Waals surface area contributed by atoms with Gasteiger partial charge in [-0.3, -0.25) is 5.41 Å². The van der Waals surface area contributed by atoms with Gasteiger partial charge in [0.05, 0.1) is 5.84 Å². The van der Waals surface area contributed by atoms with Gasteiger partial charge in [-0.05, 0) is 19.7 Å². The van der Waals surface area contributed by atoms with Crippen molar-refractivity contribution >= 4 is 17.6 Å². The lowest BCUT2D eigenvalue weighted by Gasteiger charge is -2.26. The van der Waals surface area contributed by atoms with E-state index in [-0.39, 0.29) is 5.84 Å². The number of nitrogens with two attached hydrogens (primary N) is 1. The summed E-state index contributed by atoms with van der Waals surface area (Å²) in [6.07, 6.45) is 3.97. The molecule has 0 bridgehead atoms. The first-order chi connectivity index (χ1) is 6.11. The number of rotatable bonds is 7. The van der Waals surface area contributed by atoms with Crippen molar-refractivity contribution in [1.29, 1.82) is 5.41 Å². The molecule has 0 fully saturated rings. The van der Waals surface area contributed by atoms with Gasteiger partial charge in [0.15, 0.2) is 0 Å². The Morgan fingerprint density at radius 3 is 2.62 bits per heavy atom. The summed E-state index contributed by atoms with van der Waals surface area (Å²) in [5.74, 6) is 1.44. The van der Waals surface area contributed by atoms with Gasteiger partial charge in [-0.25, -0.2) is 0 Å². The molecule has 0 amide bonds. The molecule has 0 spiro atoms. The molecule has 0 aromatic rings. The molecule has 0 aromatic carbocycles. The Bertz CT molecular complexity index is 150. The van der Waals surface area contributed by atoms with Crippen molar-refractivity contribution in [2.24, 2.45) is 5.73 Å². The van der Waals surface area contributed by atoms with Gasteiger partial charge < -0.3 is 10.6 Å². The average Bonchev–Trinajstić information content (AvgIpc) is 2.10. The number of amidine groups is 1. The van der Waals surface area contributed by atoms with Crippen LogP contribution < -0.4 is 5.73 Å². The highest BCUT2D eigenvalue weighted by Gasteiger charge is 2.11. The first-order valence-electron chi connectivity index (χ1n) is 4.63. The summed E-state index contributed by atoms with van der Waals surface area (Å²) < 4.78 is 0. The Hall–Kier alpha value is -0.220. The third-order valence-electron chi connectivity index (χ3n) is 2.19. The number of nitrogens with zero attached hydrogens (tertiary/aromatic N) is 1. The zero-order valence-electron chi connectivity index (χ0n) is 8.84. The summed E-state index contributed by atoms with van der Waals surface area (Å²) in [5, 5.41) is 7.13. The van der Waals surface area contributed by atoms with E-state index in [0.717, 1.165) is 18.7 Å². The van der Waals surface area contributed by atoms with Gasteiger partial charge in [-0.15, -0.1) is 0 Å². The molecule has 0 rings (SSSR count). The van der Waals surface area contributed by atoms with Gasteiger partial charge >= 0.3 is 0 Å². The summed E-state index contributed by atoms with van der Waals surface area (Å²) in [6.45, 7) is 3.10. The maximum atomic E-state index is 7.13. The van der Waals surface area contributed by atoms with E-state index in [4.69, 9.17) is 11.1 Å². The van der Waals surface area contributed by atoms with Crippen LogP contribution in [0.1, 0.15) is 19.8 Å². The highest BCUT2D eigenvalue weighted by atomic mass is 32.2. The fourth-order valence-corrected chi connectivity index (χ4v) is 2.10. The van der Waals surface area contributed by atoms with Gasteiger partial charge in [0.2, 0.25) is 0 Å². The molecule has 0 aliphatic rings. The molecule has 1 unspecified atom stereocenters. The zero-order valence-corrected chi connectivity index (χ0v) is 9.66. The van der Waals surface area contributed by atoms with Crippen LogP contribution in [0.2, 0.25) is 0 Å². The zero-order chi connectivity index (χ0) is 10.3. The van der Waals surface area contributed by atoms with Crippen molar-refractivity contribution in [1.82, 2.24) is 4.90 Å². The molecule has 78 valence electrons. The van der Waals surface area contributed by atoms with Crippen molar-refractivity contribution in [3.8, 4) is 0 Å². The largest absolute Gasteiger partial charge is 0.388 e. The molecule has 0 heterocycles. The summed E-state index contributed by atoms with van der Waals surface area (Å²) in [5.41, 5.74) is 5.31. The predicted molar refractivity (Wildman–Crippen MR) is 61.6 cm³/mol. The summed E-state index contributed by atoms with van der Waals surface area (Å²) >= 11 is 1.87. The Morgan fingerprint density at radius 1 is 1.62 bits per heavy atom. The lowest BCUT2D eigenvalue weighted by atomic mass is 10.2. The Morgan fingerprint density at radius 2 is 2.23 bits per heavy atom. The average molecular weight is 203 g/mol. The van der Waals surface area contributed by atoms with Gasteiger partial charge in [0.25, 0.3) is 0 Å². The van der Waals surface area contributed by atoms with E-state index >= 15 is 0 Å². The molecule has 1 atom stereocenters. The molecule has 3 N–H and O–H groups in total. The third kappa shape index (κ3) is 5.93. The van der Waals surface area contributed by atoms with Crippen molar-refractivity contribution in [2.75, 3.05) is 25.6 Å². The van der Waals surface area contributed by atoms with Crippen LogP contribution in [-0.2, 0) is 0 Å². The van der Waals surface area contributed by atoms with Crippen LogP contribution >= 0.6 is 11.8 Å². The quantitative estimate of drug-likeness (QED) is 0.485. The van der Waals surface area contributed by atoms with Gasteiger partial charge in [-0.2, -0.15) is 11.8 Å². The molecule has 0 aliphatic carbocycles. The van der Waals surface area contributed by atoms with E-state index < -0.39 is 0 Å². The topological polar surface area (TPSA) is 53.1 Å². The fraction of sp³-hybridized carbons (Fsp3) is 0.889. The minimum atomic E-state index is 0.283. The highest BCUT2D eigenvalue weighted by molar-refractivity contribution is 7.98. The van der Waals surface area contributed by atoms with E-state index in [9.17, 15) is 0 Å². The maximum Gasteiger partial charge on any atom is 0.0918 e. The number of hydrogen-bond donors (Lipinski definition) is 2. The Labute approximate surface area is 85.6 Å². The molecule has 3 nitrogen and oxygen atoms in total. The second kappa shape index (κ2) is 7.21. The summed E-state index contributed by atoms with van der Waals surface area (Å²) in [7, 11) is 2.10. The number of nitrogens with one attached hydrogen (secondary N) is 1. The first kappa shape index (κ1) is 12.8. The fourth-order valence-electron chi connectivity index (χ4n) is 1.23. The van der Waals surface area contributed by atoms with Crippen LogP contribution in [0.5, 0.6) is 0 Å². The Kier molecular flexibility index (Phi) is 7.09. The van der Waals surface area contributed by atoms with Crippen molar-refractivity contribution in [2.45, 2.75) is 25.8 Å². The second-order valence-electron chi connectivity index (χ2n) is 3.27. The van der Waals surface area contributed by atoms with Gasteiger partial charge in [0, 0.05) is 24.8 Å². The molecule has 0 saturated carbocycles. The van der Waals surface area contributed by atoms with E-state index in [1.54, 1.807) is 0 Å². The molecular weight excluding hydrogens is 182 g/mol. The van der Waals surface area contributed by atoms with Crippen molar-refractivity contribution in [3.05, 3.63) is 0 Å². The molecule has 13 heavy (non-hydrogen) atoms. The second-order valence-corrected chi connectivity index (χ2v) is 4.18. The van der Waals surface area contributed by atoms with E-state index in [1.165, 1.54) is 0 Å². The van der Waals surface area contributed by atoms with Crippen LogP contribution in [0.25, 0.3) is 0 Å². The SMILES string of the molecule is CCC(CSC)N(C)CCC(=N)N. The van der Waals surface area contributed by atoms with Crippen LogP contribution in [0.4, 0.5) is 0 Å². The first-order valence-corrected chi connectivity index (χ1v) is 6.03. The summed E-state index contributed by atoms with van der Waals surface area (Å²) in [6, 6.07) is 0.620. The third-order valence-corrected chi connectivity index (χ3v) is 2.91. The number of thioether (sulfide) groups is 1. The molecular formula is C9H21N3S. The van der Waals surface area contributed by atoms with Crippen molar-refractivity contribution < 1.29 is 0 Å². The molecule has 0 aromatic heterocycles. The number of hydrogen-bond acceptors (Lipinski definition) is 3. The highest BCUT2D eigenvalue weighted by Crippen LogP contribution is 2.08. The van der Waals surface area contributed by atoms with Crippen LogP contribution in [0.15, 0.2) is 0 Å². The lowest BCUT2D eigenvalue weighted by molar-refractivity contribution is 0.263. The van der Waals surface area contributed by atoms with Crippen LogP contribution in [0.3, 0.4) is 0 Å². The van der Waals surface area contributed by atoms with E-state index in [0.29, 0.717) is 12.5 Å². The smallest absolute Gasteiger partial charge is 0.0918 e.